The highest BCUT2D eigenvalue weighted by molar-refractivity contribution is 5.94. The maximum Gasteiger partial charge on any atom is 0.224 e. The third kappa shape index (κ3) is 6.85. The van der Waals surface area contributed by atoms with Crippen molar-refractivity contribution in [3.05, 3.63) is 29.3 Å². The average molecular weight is 319 g/mol. The summed E-state index contributed by atoms with van der Waals surface area (Å²) >= 11 is 0. The highest BCUT2D eigenvalue weighted by Crippen LogP contribution is 2.21. The number of rotatable bonds is 9. The summed E-state index contributed by atoms with van der Waals surface area (Å²) < 4.78 is 5.29. The van der Waals surface area contributed by atoms with Gasteiger partial charge in [0, 0.05) is 17.2 Å². The molecule has 23 heavy (non-hydrogen) atoms. The first kappa shape index (κ1) is 19.2. The summed E-state index contributed by atoms with van der Waals surface area (Å²) in [7, 11) is 1.57. The Kier molecular flexibility index (Phi) is 7.79. The third-order valence-corrected chi connectivity index (χ3v) is 3.86. The first-order valence-corrected chi connectivity index (χ1v) is 8.30. The zero-order valence-corrected chi connectivity index (χ0v) is 14.9. The summed E-state index contributed by atoms with van der Waals surface area (Å²) in [5.41, 5.74) is 1.34. The Labute approximate surface area is 139 Å². The van der Waals surface area contributed by atoms with E-state index >= 15 is 0 Å². The van der Waals surface area contributed by atoms with Crippen molar-refractivity contribution in [1.29, 1.82) is 0 Å². The lowest BCUT2D eigenvalue weighted by Gasteiger charge is -2.15. The minimum absolute atomic E-state index is 0.0173. The summed E-state index contributed by atoms with van der Waals surface area (Å²) in [4.78, 5) is 23.7. The number of hydrogen-bond donors (Lipinski definition) is 1. The van der Waals surface area contributed by atoms with Crippen molar-refractivity contribution in [2.75, 3.05) is 7.11 Å². The smallest absolute Gasteiger partial charge is 0.224 e. The fraction of sp³-hybridized carbons (Fsp3) is 0.579. The lowest BCUT2D eigenvalue weighted by molar-refractivity contribution is -0.121. The van der Waals surface area contributed by atoms with Gasteiger partial charge in [0.1, 0.15) is 5.75 Å². The van der Waals surface area contributed by atoms with E-state index in [0.717, 1.165) is 18.4 Å². The number of carbonyl (C=O) groups is 2. The molecule has 1 rings (SSSR count). The Morgan fingerprint density at radius 3 is 2.43 bits per heavy atom. The van der Waals surface area contributed by atoms with Gasteiger partial charge in [-0.15, -0.1) is 0 Å². The maximum atomic E-state index is 12.2. The second-order valence-electron chi connectivity index (χ2n) is 6.55. The number of carbonyl (C=O) groups excluding carboxylic acids is 2. The number of nitrogens with one attached hydrogen (secondary N) is 1. The standard InChI is InChI=1S/C19H29NO3/c1-13(2)7-6-8-14(3)20-19(22)12-17-11-16(15(4)21)9-10-18(17)23-5/h9-11,13-14H,6-8,12H2,1-5H3,(H,20,22). The van der Waals surface area contributed by atoms with Crippen LogP contribution < -0.4 is 10.1 Å². The van der Waals surface area contributed by atoms with Crippen molar-refractivity contribution >= 4 is 11.7 Å². The molecule has 0 aliphatic heterocycles. The Morgan fingerprint density at radius 1 is 1.17 bits per heavy atom. The first-order chi connectivity index (χ1) is 10.8. The van der Waals surface area contributed by atoms with Crippen LogP contribution in [-0.4, -0.2) is 24.8 Å². The number of methoxy groups -OCH3 is 1. The molecule has 0 aliphatic carbocycles. The molecule has 128 valence electrons. The fourth-order valence-corrected chi connectivity index (χ4v) is 2.54. The van der Waals surface area contributed by atoms with Crippen molar-refractivity contribution in [3.63, 3.8) is 0 Å². The van der Waals surface area contributed by atoms with Gasteiger partial charge in [0.15, 0.2) is 5.78 Å². The topological polar surface area (TPSA) is 55.4 Å². The van der Waals surface area contributed by atoms with Crippen LogP contribution in [0.5, 0.6) is 5.75 Å². The molecule has 0 heterocycles. The van der Waals surface area contributed by atoms with Crippen LogP contribution in [0.3, 0.4) is 0 Å². The molecular formula is C19H29NO3. The molecule has 0 aromatic heterocycles. The first-order valence-electron chi connectivity index (χ1n) is 8.30. The number of benzene rings is 1. The summed E-state index contributed by atoms with van der Waals surface area (Å²) in [5, 5.41) is 3.02. The van der Waals surface area contributed by atoms with Gasteiger partial charge >= 0.3 is 0 Å². The third-order valence-electron chi connectivity index (χ3n) is 3.86. The Bertz CT molecular complexity index is 537. The Morgan fingerprint density at radius 2 is 1.87 bits per heavy atom. The number of amides is 1. The van der Waals surface area contributed by atoms with Gasteiger partial charge in [0.25, 0.3) is 0 Å². The van der Waals surface area contributed by atoms with Gasteiger partial charge in [0.05, 0.1) is 13.5 Å². The highest BCUT2D eigenvalue weighted by Gasteiger charge is 2.13. The Hall–Kier alpha value is -1.84. The van der Waals surface area contributed by atoms with Crippen molar-refractivity contribution in [3.8, 4) is 5.75 Å². The number of hydrogen-bond acceptors (Lipinski definition) is 3. The molecule has 4 heteroatoms. The van der Waals surface area contributed by atoms with Crippen molar-refractivity contribution < 1.29 is 14.3 Å². The van der Waals surface area contributed by atoms with Crippen LogP contribution in [-0.2, 0) is 11.2 Å². The fourth-order valence-electron chi connectivity index (χ4n) is 2.54. The largest absolute Gasteiger partial charge is 0.496 e. The van der Waals surface area contributed by atoms with Crippen molar-refractivity contribution in [2.45, 2.75) is 59.4 Å². The van der Waals surface area contributed by atoms with Gasteiger partial charge in [-0.05, 0) is 44.4 Å². The highest BCUT2D eigenvalue weighted by atomic mass is 16.5. The monoisotopic (exact) mass is 319 g/mol. The lowest BCUT2D eigenvalue weighted by atomic mass is 10.0. The normalized spacial score (nSPS) is 12.1. The van der Waals surface area contributed by atoms with Gasteiger partial charge in [-0.2, -0.15) is 0 Å². The van der Waals surface area contributed by atoms with E-state index in [1.54, 1.807) is 25.3 Å². The predicted molar refractivity (Wildman–Crippen MR) is 93.0 cm³/mol. The van der Waals surface area contributed by atoms with Crippen LogP contribution >= 0.6 is 0 Å². The van der Waals surface area contributed by atoms with Gasteiger partial charge < -0.3 is 10.1 Å². The van der Waals surface area contributed by atoms with Crippen molar-refractivity contribution in [2.24, 2.45) is 5.92 Å². The van der Waals surface area contributed by atoms with E-state index in [4.69, 9.17) is 4.74 Å². The van der Waals surface area contributed by atoms with Crippen LogP contribution in [0, 0.1) is 5.92 Å². The molecule has 1 aromatic carbocycles. The van der Waals surface area contributed by atoms with Crippen LogP contribution in [0.1, 0.15) is 62.9 Å². The van der Waals surface area contributed by atoms with E-state index in [1.807, 2.05) is 6.92 Å². The molecule has 1 unspecified atom stereocenters. The van der Waals surface area contributed by atoms with Crippen molar-refractivity contribution in [1.82, 2.24) is 5.32 Å². The summed E-state index contributed by atoms with van der Waals surface area (Å²) in [5.74, 6) is 1.27. The second kappa shape index (κ2) is 9.33. The van der Waals surface area contributed by atoms with E-state index in [9.17, 15) is 9.59 Å². The molecule has 0 radical (unpaired) electrons. The zero-order chi connectivity index (χ0) is 17.4. The molecule has 0 saturated heterocycles. The minimum atomic E-state index is -0.0407. The quantitative estimate of drug-likeness (QED) is 0.705. The molecule has 0 spiro atoms. The van der Waals surface area contributed by atoms with Crippen LogP contribution in [0.15, 0.2) is 18.2 Å². The molecule has 1 amide bonds. The lowest BCUT2D eigenvalue weighted by Crippen LogP contribution is -2.33. The van der Waals surface area contributed by atoms with E-state index < -0.39 is 0 Å². The van der Waals surface area contributed by atoms with E-state index in [0.29, 0.717) is 17.2 Å². The molecule has 1 aromatic rings. The van der Waals surface area contributed by atoms with E-state index in [1.165, 1.54) is 13.3 Å². The molecule has 0 fully saturated rings. The molecule has 0 aliphatic rings. The molecule has 1 N–H and O–H groups in total. The summed E-state index contributed by atoms with van der Waals surface area (Å²) in [6.45, 7) is 7.96. The second-order valence-corrected chi connectivity index (χ2v) is 6.55. The van der Waals surface area contributed by atoms with Crippen LogP contribution in [0.25, 0.3) is 0 Å². The number of ketones is 1. The summed E-state index contributed by atoms with van der Waals surface area (Å²) in [6.07, 6.45) is 3.49. The van der Waals surface area contributed by atoms with Crippen LogP contribution in [0.2, 0.25) is 0 Å². The van der Waals surface area contributed by atoms with Gasteiger partial charge in [-0.1, -0.05) is 26.7 Å². The average Bonchev–Trinajstić information content (AvgIpc) is 2.46. The molecule has 1 atom stereocenters. The molecular weight excluding hydrogens is 290 g/mol. The van der Waals surface area contributed by atoms with E-state index in [2.05, 4.69) is 19.2 Å². The SMILES string of the molecule is COc1ccc(C(C)=O)cc1CC(=O)NC(C)CCCC(C)C. The number of ether oxygens (including phenoxy) is 1. The van der Waals surface area contributed by atoms with Gasteiger partial charge in [-0.25, -0.2) is 0 Å². The Balaban J connectivity index is 2.62. The maximum absolute atomic E-state index is 12.2. The molecule has 0 saturated carbocycles. The van der Waals surface area contributed by atoms with Gasteiger partial charge in [0.2, 0.25) is 5.91 Å². The summed E-state index contributed by atoms with van der Waals surface area (Å²) in [6, 6.07) is 5.36. The van der Waals surface area contributed by atoms with Crippen LogP contribution in [0.4, 0.5) is 0 Å². The predicted octanol–water partition coefficient (Wildman–Crippen LogP) is 3.77. The van der Waals surface area contributed by atoms with E-state index in [-0.39, 0.29) is 24.2 Å². The zero-order valence-electron chi connectivity index (χ0n) is 14.9. The van der Waals surface area contributed by atoms with Gasteiger partial charge in [-0.3, -0.25) is 9.59 Å². The molecule has 0 bridgehead atoms. The minimum Gasteiger partial charge on any atom is -0.496 e. The number of Topliss-reactive ketones (excluding diaryl/α,β-unsaturated/α-hetero) is 1. The molecule has 4 nitrogen and oxygen atoms in total.